The molecule has 0 spiro atoms. The van der Waals surface area contributed by atoms with Crippen LogP contribution in [0.25, 0.3) is 0 Å². The molecule has 102 valence electrons. The predicted molar refractivity (Wildman–Crippen MR) is 73.9 cm³/mol. The highest BCUT2D eigenvalue weighted by molar-refractivity contribution is 5.85. The highest BCUT2D eigenvalue weighted by atomic mass is 16.4. The van der Waals surface area contributed by atoms with E-state index in [1.54, 1.807) is 18.2 Å². The number of carboxylic acid groups (broad SMARTS) is 1. The molecule has 1 rings (SSSR count). The van der Waals surface area contributed by atoms with Gasteiger partial charge in [-0.15, -0.1) is 0 Å². The SMILES string of the molecule is NC=NCCCC(N=Cc1ccccc1O)C(=O)O. The zero-order valence-corrected chi connectivity index (χ0v) is 10.4. The van der Waals surface area contributed by atoms with Crippen molar-refractivity contribution in [3.63, 3.8) is 0 Å². The molecule has 6 heteroatoms. The number of hydrogen-bond donors (Lipinski definition) is 3. The summed E-state index contributed by atoms with van der Waals surface area (Å²) in [4.78, 5) is 18.8. The first-order valence-electron chi connectivity index (χ1n) is 5.89. The second-order valence-corrected chi connectivity index (χ2v) is 3.89. The lowest BCUT2D eigenvalue weighted by Crippen LogP contribution is -2.18. The zero-order chi connectivity index (χ0) is 14.1. The number of nitrogens with zero attached hydrogens (tertiary/aromatic N) is 2. The zero-order valence-electron chi connectivity index (χ0n) is 10.4. The van der Waals surface area contributed by atoms with Gasteiger partial charge in [-0.1, -0.05) is 12.1 Å². The molecule has 0 amide bonds. The fraction of sp³-hybridized carbons (Fsp3) is 0.308. The quantitative estimate of drug-likeness (QED) is 0.388. The van der Waals surface area contributed by atoms with Crippen LogP contribution in [0.4, 0.5) is 0 Å². The number of hydrogen-bond acceptors (Lipinski definition) is 4. The van der Waals surface area contributed by atoms with Gasteiger partial charge in [-0.3, -0.25) is 9.98 Å². The van der Waals surface area contributed by atoms with Gasteiger partial charge >= 0.3 is 5.97 Å². The second kappa shape index (κ2) is 7.86. The fourth-order valence-electron chi connectivity index (χ4n) is 1.48. The van der Waals surface area contributed by atoms with Crippen molar-refractivity contribution < 1.29 is 15.0 Å². The third-order valence-corrected chi connectivity index (χ3v) is 2.49. The van der Waals surface area contributed by atoms with Gasteiger partial charge in [0, 0.05) is 18.3 Å². The molecule has 1 unspecified atom stereocenters. The van der Waals surface area contributed by atoms with Crippen molar-refractivity contribution in [1.29, 1.82) is 0 Å². The molecule has 0 aliphatic heterocycles. The molecular weight excluding hydrogens is 246 g/mol. The number of carbonyl (C=O) groups is 1. The second-order valence-electron chi connectivity index (χ2n) is 3.89. The van der Waals surface area contributed by atoms with Gasteiger partial charge < -0.3 is 15.9 Å². The molecule has 0 fully saturated rings. The molecule has 6 nitrogen and oxygen atoms in total. The van der Waals surface area contributed by atoms with Crippen LogP contribution in [0.3, 0.4) is 0 Å². The lowest BCUT2D eigenvalue weighted by molar-refractivity contribution is -0.138. The number of aliphatic imine (C=N–C) groups is 2. The Bertz CT molecular complexity index is 472. The Morgan fingerprint density at radius 3 is 2.79 bits per heavy atom. The van der Waals surface area contributed by atoms with Gasteiger partial charge in [0.1, 0.15) is 11.8 Å². The molecule has 1 atom stereocenters. The Morgan fingerprint density at radius 1 is 1.42 bits per heavy atom. The smallest absolute Gasteiger partial charge is 0.328 e. The van der Waals surface area contributed by atoms with Crippen molar-refractivity contribution in [2.75, 3.05) is 6.54 Å². The minimum absolute atomic E-state index is 0.0723. The lowest BCUT2D eigenvalue weighted by atomic mass is 10.1. The summed E-state index contributed by atoms with van der Waals surface area (Å²) >= 11 is 0. The molecule has 0 aliphatic rings. The van der Waals surface area contributed by atoms with Crippen LogP contribution in [-0.4, -0.2) is 41.3 Å². The first-order chi connectivity index (χ1) is 9.15. The van der Waals surface area contributed by atoms with Crippen LogP contribution in [-0.2, 0) is 4.79 Å². The number of aliphatic carboxylic acids is 1. The van der Waals surface area contributed by atoms with Gasteiger partial charge in [-0.05, 0) is 25.0 Å². The third-order valence-electron chi connectivity index (χ3n) is 2.49. The summed E-state index contributed by atoms with van der Waals surface area (Å²) in [7, 11) is 0. The molecule has 0 saturated heterocycles. The van der Waals surface area contributed by atoms with Crippen molar-refractivity contribution in [1.82, 2.24) is 0 Å². The summed E-state index contributed by atoms with van der Waals surface area (Å²) < 4.78 is 0. The van der Waals surface area contributed by atoms with E-state index < -0.39 is 12.0 Å². The van der Waals surface area contributed by atoms with Gasteiger partial charge in [-0.2, -0.15) is 0 Å². The van der Waals surface area contributed by atoms with E-state index in [-0.39, 0.29) is 5.75 Å². The molecular formula is C13H17N3O3. The van der Waals surface area contributed by atoms with E-state index in [0.717, 1.165) is 0 Å². The first-order valence-corrected chi connectivity index (χ1v) is 5.89. The average molecular weight is 263 g/mol. The number of benzene rings is 1. The minimum atomic E-state index is -0.997. The largest absolute Gasteiger partial charge is 0.507 e. The van der Waals surface area contributed by atoms with Crippen molar-refractivity contribution in [2.45, 2.75) is 18.9 Å². The number of phenols is 1. The van der Waals surface area contributed by atoms with E-state index in [1.165, 1.54) is 18.6 Å². The number of aromatic hydroxyl groups is 1. The Morgan fingerprint density at radius 2 is 2.16 bits per heavy atom. The summed E-state index contributed by atoms with van der Waals surface area (Å²) in [5, 5.41) is 18.6. The van der Waals surface area contributed by atoms with Crippen molar-refractivity contribution in [3.8, 4) is 5.75 Å². The highest BCUT2D eigenvalue weighted by Crippen LogP contribution is 2.13. The van der Waals surface area contributed by atoms with E-state index in [1.807, 2.05) is 0 Å². The standard InChI is InChI=1S/C13H17N3O3/c14-9-15-7-3-5-11(13(18)19)16-8-10-4-1-2-6-12(10)17/h1-2,4,6,8-9,11,17H,3,5,7H2,(H2,14,15)(H,18,19). The molecule has 0 heterocycles. The maximum absolute atomic E-state index is 11.0. The molecule has 0 aliphatic carbocycles. The summed E-state index contributed by atoms with van der Waals surface area (Å²) in [6.45, 7) is 0.479. The number of phenolic OH excluding ortho intramolecular Hbond substituents is 1. The Labute approximate surface area is 111 Å². The van der Waals surface area contributed by atoms with Gasteiger partial charge in [0.05, 0.1) is 6.34 Å². The summed E-state index contributed by atoms with van der Waals surface area (Å²) in [5.41, 5.74) is 5.59. The number of para-hydroxylation sites is 1. The number of carboxylic acids is 1. The minimum Gasteiger partial charge on any atom is -0.507 e. The lowest BCUT2D eigenvalue weighted by Gasteiger charge is -2.06. The molecule has 1 aromatic rings. The van der Waals surface area contributed by atoms with E-state index >= 15 is 0 Å². The number of rotatable bonds is 7. The van der Waals surface area contributed by atoms with Crippen molar-refractivity contribution >= 4 is 18.5 Å². The van der Waals surface area contributed by atoms with E-state index in [0.29, 0.717) is 24.9 Å². The monoisotopic (exact) mass is 263 g/mol. The average Bonchev–Trinajstić information content (AvgIpc) is 2.39. The Hall–Kier alpha value is -2.37. The summed E-state index contributed by atoms with van der Waals surface area (Å²) in [5.74, 6) is -0.925. The van der Waals surface area contributed by atoms with Crippen LogP contribution in [0.15, 0.2) is 34.3 Å². The van der Waals surface area contributed by atoms with Gasteiger partial charge in [-0.25, -0.2) is 4.79 Å². The topological polar surface area (TPSA) is 108 Å². The molecule has 4 N–H and O–H groups in total. The van der Waals surface area contributed by atoms with Crippen molar-refractivity contribution in [3.05, 3.63) is 29.8 Å². The van der Waals surface area contributed by atoms with Crippen LogP contribution in [0.5, 0.6) is 5.75 Å². The van der Waals surface area contributed by atoms with Crippen LogP contribution >= 0.6 is 0 Å². The fourth-order valence-corrected chi connectivity index (χ4v) is 1.48. The molecule has 0 aromatic heterocycles. The van der Waals surface area contributed by atoms with Crippen LogP contribution < -0.4 is 5.73 Å². The van der Waals surface area contributed by atoms with Crippen LogP contribution in [0.1, 0.15) is 18.4 Å². The normalized spacial score (nSPS) is 13.1. The van der Waals surface area contributed by atoms with E-state index in [2.05, 4.69) is 9.98 Å². The summed E-state index contributed by atoms with van der Waals surface area (Å²) in [6.07, 6.45) is 3.53. The molecule has 0 radical (unpaired) electrons. The van der Waals surface area contributed by atoms with Crippen LogP contribution in [0.2, 0.25) is 0 Å². The molecule has 1 aromatic carbocycles. The highest BCUT2D eigenvalue weighted by Gasteiger charge is 2.14. The van der Waals surface area contributed by atoms with Gasteiger partial charge in [0.25, 0.3) is 0 Å². The van der Waals surface area contributed by atoms with Crippen LogP contribution in [0, 0.1) is 0 Å². The predicted octanol–water partition coefficient (Wildman–Crippen LogP) is 1.03. The Kier molecular flexibility index (Phi) is 6.08. The first kappa shape index (κ1) is 14.7. The van der Waals surface area contributed by atoms with E-state index in [4.69, 9.17) is 10.8 Å². The maximum atomic E-state index is 11.0. The number of nitrogens with two attached hydrogens (primary N) is 1. The van der Waals surface area contributed by atoms with Crippen molar-refractivity contribution in [2.24, 2.45) is 15.7 Å². The van der Waals surface area contributed by atoms with Gasteiger partial charge in [0.15, 0.2) is 0 Å². The maximum Gasteiger partial charge on any atom is 0.328 e. The summed E-state index contributed by atoms with van der Waals surface area (Å²) in [6, 6.07) is 5.77. The van der Waals surface area contributed by atoms with E-state index in [9.17, 15) is 9.90 Å². The molecule has 0 saturated carbocycles. The van der Waals surface area contributed by atoms with Gasteiger partial charge in [0.2, 0.25) is 0 Å². The molecule has 19 heavy (non-hydrogen) atoms. The Balaban J connectivity index is 2.63. The third kappa shape index (κ3) is 5.20. The molecule has 0 bridgehead atoms.